The van der Waals surface area contributed by atoms with E-state index in [4.69, 9.17) is 22.3 Å². The number of hydrogen-bond acceptors (Lipinski definition) is 14. The summed E-state index contributed by atoms with van der Waals surface area (Å²) in [6, 6.07) is 0. The molecule has 0 spiro atoms. The highest BCUT2D eigenvalue weighted by atomic mass is 35.5. The third-order valence-electron chi connectivity index (χ3n) is 6.10. The zero-order chi connectivity index (χ0) is 33.8. The summed E-state index contributed by atoms with van der Waals surface area (Å²) in [5, 5.41) is 90.4. The Bertz CT molecular complexity index is 907. The summed E-state index contributed by atoms with van der Waals surface area (Å²) in [5.74, 6) is -1.67. The Morgan fingerprint density at radius 3 is 0.864 bits per heavy atom. The van der Waals surface area contributed by atoms with Crippen molar-refractivity contribution < 1.29 is 40.2 Å². The largest absolute Gasteiger partial charge is 0.394 e. The van der Waals surface area contributed by atoms with Gasteiger partial charge < -0.3 is 52.7 Å². The van der Waals surface area contributed by atoms with E-state index in [1.165, 1.54) is 27.7 Å². The number of hydrogen-bond donors (Lipinski definition) is 12. The average Bonchev–Trinajstić information content (AvgIpc) is 2.92. The molecule has 0 rings (SSSR count). The van der Waals surface area contributed by atoms with E-state index in [1.54, 1.807) is 27.7 Å². The van der Waals surface area contributed by atoms with E-state index in [1.807, 2.05) is 0 Å². The third kappa shape index (κ3) is 14.5. The van der Waals surface area contributed by atoms with E-state index in [0.717, 1.165) is 0 Å². The Hall–Kier alpha value is -2.58. The maximum absolute atomic E-state index is 12.4. The topological polar surface area (TPSA) is 329 Å². The van der Waals surface area contributed by atoms with E-state index in [2.05, 4.69) is 31.1 Å². The second-order valence-electron chi connectivity index (χ2n) is 11.9. The number of rotatable bonds is 16. The number of halogens is 2. The molecule has 14 N–H and O–H groups in total. The first-order chi connectivity index (χ1) is 18.9. The molecule has 260 valence electrons. The van der Waals surface area contributed by atoms with Crippen molar-refractivity contribution in [3.05, 3.63) is 0 Å². The number of azo groups is 2. The van der Waals surface area contributed by atoms with Crippen molar-refractivity contribution in [2.24, 2.45) is 31.9 Å². The fraction of sp³-hybridized carbons (Fsp3) is 0.833. The van der Waals surface area contributed by atoms with Crippen LogP contribution in [0.1, 0.15) is 55.4 Å². The van der Waals surface area contributed by atoms with Gasteiger partial charge in [0.15, 0.2) is 11.1 Å². The van der Waals surface area contributed by atoms with E-state index in [0.29, 0.717) is 0 Å². The lowest BCUT2D eigenvalue weighted by Gasteiger charge is -2.33. The predicted octanol–water partition coefficient (Wildman–Crippen LogP) is -1.63. The normalized spacial score (nSPS) is 12.9. The van der Waals surface area contributed by atoms with Gasteiger partial charge in [-0.25, -0.2) is 0 Å². The first-order valence-electron chi connectivity index (χ1n) is 12.8. The highest BCUT2D eigenvalue weighted by Crippen LogP contribution is 2.19. The number of aliphatic hydroxyl groups excluding tert-OH is 6. The molecule has 18 nitrogen and oxygen atoms in total. The molecule has 0 aromatic rings. The number of nitrogens with zero attached hydrogens (tertiary/aromatic N) is 4. The quantitative estimate of drug-likeness (QED) is 0.0502. The molecule has 0 bridgehead atoms. The molecule has 0 aromatic heterocycles. The zero-order valence-electron chi connectivity index (χ0n) is 26.5. The van der Waals surface area contributed by atoms with Crippen LogP contribution in [0.3, 0.4) is 0 Å². The molecule has 0 saturated heterocycles. The first-order valence-corrected chi connectivity index (χ1v) is 12.8. The van der Waals surface area contributed by atoms with E-state index < -0.39 is 84.7 Å². The van der Waals surface area contributed by atoms with Gasteiger partial charge in [-0.2, -0.15) is 20.5 Å². The van der Waals surface area contributed by atoms with Gasteiger partial charge in [-0.3, -0.25) is 20.4 Å². The van der Waals surface area contributed by atoms with Crippen molar-refractivity contribution in [3.63, 3.8) is 0 Å². The lowest BCUT2D eigenvalue weighted by molar-refractivity contribution is -0.131. The van der Waals surface area contributed by atoms with Gasteiger partial charge in [-0.15, -0.1) is 24.8 Å². The summed E-state index contributed by atoms with van der Waals surface area (Å²) in [5.41, 5.74) is 2.63. The molecule has 44 heavy (non-hydrogen) atoms. The van der Waals surface area contributed by atoms with Crippen molar-refractivity contribution in [1.82, 2.24) is 10.6 Å². The molecule has 20 heteroatoms. The predicted molar refractivity (Wildman–Crippen MR) is 169 cm³/mol. The van der Waals surface area contributed by atoms with Crippen molar-refractivity contribution in [3.8, 4) is 0 Å². The number of amides is 2. The average molecular weight is 680 g/mol. The summed E-state index contributed by atoms with van der Waals surface area (Å²) in [7, 11) is 0. The van der Waals surface area contributed by atoms with Crippen LogP contribution >= 0.6 is 24.8 Å². The number of carbonyl (C=O) groups is 2. The van der Waals surface area contributed by atoms with Crippen molar-refractivity contribution in [2.45, 2.75) is 88.6 Å². The van der Waals surface area contributed by atoms with Gasteiger partial charge in [0, 0.05) is 0 Å². The second kappa shape index (κ2) is 19.1. The van der Waals surface area contributed by atoms with Crippen LogP contribution in [0, 0.1) is 10.8 Å². The summed E-state index contributed by atoms with van der Waals surface area (Å²) in [6.45, 7) is 7.93. The number of carbonyl (C=O) groups excluding carboxylic acids is 2. The van der Waals surface area contributed by atoms with Crippen LogP contribution in [0.25, 0.3) is 0 Å². The maximum Gasteiger partial charge on any atom is 0.249 e. The molecule has 0 radical (unpaired) electrons. The van der Waals surface area contributed by atoms with Gasteiger partial charge in [0.2, 0.25) is 11.8 Å². The van der Waals surface area contributed by atoms with E-state index in [9.17, 15) is 40.2 Å². The summed E-state index contributed by atoms with van der Waals surface area (Å²) in [4.78, 5) is 24.8. The highest BCUT2D eigenvalue weighted by Gasteiger charge is 2.39. The van der Waals surface area contributed by atoms with E-state index in [-0.39, 0.29) is 36.5 Å². The molecule has 0 fully saturated rings. The van der Waals surface area contributed by atoms with Gasteiger partial charge in [0.05, 0.1) is 39.6 Å². The number of nitrogens with two attached hydrogens (primary N) is 2. The van der Waals surface area contributed by atoms with Gasteiger partial charge in [0.1, 0.15) is 33.8 Å². The zero-order valence-corrected chi connectivity index (χ0v) is 28.1. The highest BCUT2D eigenvalue weighted by molar-refractivity contribution is 5.88. The number of nitrogens with one attached hydrogen (secondary N) is 4. The first kappa shape index (κ1) is 48.3. The van der Waals surface area contributed by atoms with E-state index >= 15 is 0 Å². The van der Waals surface area contributed by atoms with Gasteiger partial charge in [-0.05, 0) is 55.4 Å². The van der Waals surface area contributed by atoms with Crippen LogP contribution in [0.2, 0.25) is 0 Å². The SMILES string of the molecule is CC(C)(N=NC(C)(C)C(=N)N)C(=N)N.CC(C)(N=NC(C)(C)C(=O)NC(CO)(CO)CO)C(=O)NC(CO)(CO)CO.Cl.Cl. The Morgan fingerprint density at radius 1 is 0.523 bits per heavy atom. The molecular weight excluding hydrogens is 627 g/mol. The lowest BCUT2D eigenvalue weighted by atomic mass is 9.98. The van der Waals surface area contributed by atoms with Crippen LogP contribution in [0.15, 0.2) is 20.5 Å². The summed E-state index contributed by atoms with van der Waals surface area (Å²) in [6.07, 6.45) is 0. The smallest absolute Gasteiger partial charge is 0.249 e. The lowest BCUT2D eigenvalue weighted by Crippen LogP contribution is -2.61. The maximum atomic E-state index is 12.4. The molecule has 0 aliphatic rings. The van der Waals surface area contributed by atoms with Gasteiger partial charge in [-0.1, -0.05) is 0 Å². The molecule has 0 aromatic carbocycles. The molecule has 0 unspecified atom stereocenters. The molecule has 0 aliphatic heterocycles. The minimum atomic E-state index is -1.64. The second-order valence-corrected chi connectivity index (χ2v) is 11.9. The van der Waals surface area contributed by atoms with Gasteiger partial charge >= 0.3 is 0 Å². The third-order valence-corrected chi connectivity index (χ3v) is 6.10. The van der Waals surface area contributed by atoms with Crippen LogP contribution < -0.4 is 22.1 Å². The molecule has 2 amide bonds. The minimum Gasteiger partial charge on any atom is -0.394 e. The fourth-order valence-electron chi connectivity index (χ4n) is 2.02. The Kier molecular flexibility index (Phi) is 20.9. The Labute approximate surface area is 270 Å². The molecular formula is C24H52Cl2N10O8. The van der Waals surface area contributed by atoms with Crippen LogP contribution in [0.5, 0.6) is 0 Å². The number of aliphatic hydroxyl groups is 6. The monoisotopic (exact) mass is 678 g/mol. The molecule has 0 saturated carbocycles. The minimum absolute atomic E-state index is 0. The van der Waals surface area contributed by atoms with Crippen molar-refractivity contribution in [2.75, 3.05) is 39.6 Å². The van der Waals surface area contributed by atoms with Crippen molar-refractivity contribution in [1.29, 1.82) is 10.8 Å². The molecule has 0 aliphatic carbocycles. The Morgan fingerprint density at radius 2 is 0.705 bits per heavy atom. The summed E-state index contributed by atoms with van der Waals surface area (Å²) >= 11 is 0. The van der Waals surface area contributed by atoms with Crippen LogP contribution in [-0.4, -0.2) is 127 Å². The number of amidine groups is 2. The van der Waals surface area contributed by atoms with Crippen molar-refractivity contribution >= 4 is 48.3 Å². The van der Waals surface area contributed by atoms with Crippen LogP contribution in [-0.2, 0) is 9.59 Å². The molecule has 0 atom stereocenters. The standard InChI is InChI=1S/C16H32N4O8.C8H18N6.2ClH/c1-13(2,11(27)17-15(5-21,6-22)7-23)19-20-14(3,4)12(28)18-16(8-24,9-25)10-26;1-7(2,5(9)10)13-14-8(3,4)6(11)12;;/h21-26H,5-10H2,1-4H3,(H,17,27)(H,18,28);1-4H3,(H3,9,10)(H3,11,12);2*1H. The van der Waals surface area contributed by atoms with Gasteiger partial charge in [0.25, 0.3) is 0 Å². The van der Waals surface area contributed by atoms with Crippen LogP contribution in [0.4, 0.5) is 0 Å². The Balaban J connectivity index is -0.000000424. The molecule has 0 heterocycles. The summed E-state index contributed by atoms with van der Waals surface area (Å²) < 4.78 is 0. The fourth-order valence-corrected chi connectivity index (χ4v) is 2.02.